The van der Waals surface area contributed by atoms with E-state index in [0.717, 1.165) is 42.6 Å². The molecule has 0 aliphatic heterocycles. The van der Waals surface area contributed by atoms with Gasteiger partial charge >= 0.3 is 0 Å². The van der Waals surface area contributed by atoms with E-state index in [1.807, 2.05) is 39.2 Å². The number of hydrogen-bond acceptors (Lipinski definition) is 5. The molecule has 1 heterocycles. The number of ether oxygens (including phenoxy) is 2. The first-order chi connectivity index (χ1) is 14.1. The summed E-state index contributed by atoms with van der Waals surface area (Å²) in [7, 11) is 7.52. The lowest BCUT2D eigenvalue weighted by atomic mass is 10.1. The van der Waals surface area contributed by atoms with Crippen LogP contribution in [0, 0.1) is 0 Å². The number of nitrogens with one attached hydrogen (secondary N) is 2. The molecule has 0 bridgehead atoms. The minimum absolute atomic E-state index is 0. The Hall–Kier alpha value is -1.94. The van der Waals surface area contributed by atoms with Gasteiger partial charge in [-0.3, -0.25) is 9.89 Å². The van der Waals surface area contributed by atoms with Gasteiger partial charge in [0.25, 0.3) is 0 Å². The van der Waals surface area contributed by atoms with Crippen LogP contribution in [0.3, 0.4) is 0 Å². The maximum absolute atomic E-state index is 5.65. The molecule has 8 heteroatoms. The Kier molecular flexibility index (Phi) is 12.3. The van der Waals surface area contributed by atoms with Gasteiger partial charge in [-0.15, -0.1) is 24.0 Å². The smallest absolute Gasteiger partial charge is 0.191 e. The minimum Gasteiger partial charge on any atom is -0.493 e. The lowest BCUT2D eigenvalue weighted by Crippen LogP contribution is -2.42. The number of furan rings is 1. The number of rotatable bonds is 11. The highest BCUT2D eigenvalue weighted by Crippen LogP contribution is 2.28. The van der Waals surface area contributed by atoms with Crippen molar-refractivity contribution in [2.75, 3.05) is 47.9 Å². The molecule has 0 amide bonds. The molecule has 0 spiro atoms. The number of likely N-dealkylation sites (N-methyl/N-ethyl adjacent to an activating group) is 1. The van der Waals surface area contributed by atoms with E-state index >= 15 is 0 Å². The van der Waals surface area contributed by atoms with E-state index in [0.29, 0.717) is 13.2 Å². The standard InChI is InChI=1S/C22H34N4O3.HI/c1-6-28-21-15-17(11-12-20(21)27-5)9-7-13-24-22(23-2)25-16-18(26(3)4)19-10-8-14-29-19;/h8,10-12,14-15,18H,6-7,9,13,16H2,1-5H3,(H2,23,24,25);1H. The first kappa shape index (κ1) is 26.1. The number of guanidine groups is 1. The first-order valence-corrected chi connectivity index (χ1v) is 10.0. The van der Waals surface area contributed by atoms with E-state index in [9.17, 15) is 0 Å². The summed E-state index contributed by atoms with van der Waals surface area (Å²) in [5.41, 5.74) is 1.23. The number of aliphatic imine (C=N–C) groups is 1. The van der Waals surface area contributed by atoms with Crippen LogP contribution in [0.1, 0.15) is 30.7 Å². The van der Waals surface area contributed by atoms with Crippen molar-refractivity contribution < 1.29 is 13.9 Å². The highest BCUT2D eigenvalue weighted by atomic mass is 127. The first-order valence-electron chi connectivity index (χ1n) is 10.0. The van der Waals surface area contributed by atoms with E-state index in [1.54, 1.807) is 20.4 Å². The predicted molar refractivity (Wildman–Crippen MR) is 132 cm³/mol. The summed E-state index contributed by atoms with van der Waals surface area (Å²) in [5, 5.41) is 6.75. The van der Waals surface area contributed by atoms with Crippen LogP contribution in [0.4, 0.5) is 0 Å². The SMILES string of the molecule is CCOc1cc(CCCNC(=NC)NCC(c2ccco2)N(C)C)ccc1OC.I. The average Bonchev–Trinajstić information content (AvgIpc) is 3.24. The minimum atomic E-state index is 0. The van der Waals surface area contributed by atoms with Gasteiger partial charge in [0.05, 0.1) is 26.0 Å². The Labute approximate surface area is 197 Å². The van der Waals surface area contributed by atoms with Crippen LogP contribution in [-0.4, -0.2) is 58.8 Å². The predicted octanol–water partition coefficient (Wildman–Crippen LogP) is 3.71. The van der Waals surface area contributed by atoms with Gasteiger partial charge in [-0.2, -0.15) is 0 Å². The van der Waals surface area contributed by atoms with Gasteiger partial charge in [-0.05, 0) is 63.7 Å². The van der Waals surface area contributed by atoms with Crippen LogP contribution in [0.25, 0.3) is 0 Å². The molecule has 30 heavy (non-hydrogen) atoms. The number of halogens is 1. The van der Waals surface area contributed by atoms with Crippen molar-refractivity contribution in [3.05, 3.63) is 47.9 Å². The molecule has 0 radical (unpaired) electrons. The lowest BCUT2D eigenvalue weighted by molar-refractivity contribution is 0.258. The van der Waals surface area contributed by atoms with Crippen molar-refractivity contribution in [2.24, 2.45) is 4.99 Å². The molecule has 1 unspecified atom stereocenters. The average molecular weight is 530 g/mol. The van der Waals surface area contributed by atoms with Crippen LogP contribution in [0.2, 0.25) is 0 Å². The fraction of sp³-hybridized carbons (Fsp3) is 0.500. The molecule has 7 nitrogen and oxygen atoms in total. The van der Waals surface area contributed by atoms with Crippen molar-refractivity contribution in [1.29, 1.82) is 0 Å². The number of nitrogens with zero attached hydrogens (tertiary/aromatic N) is 2. The molecular formula is C22H35IN4O3. The van der Waals surface area contributed by atoms with Crippen LogP contribution < -0.4 is 20.1 Å². The van der Waals surface area contributed by atoms with Gasteiger partial charge < -0.3 is 24.5 Å². The molecule has 2 aromatic rings. The lowest BCUT2D eigenvalue weighted by Gasteiger charge is -2.23. The topological polar surface area (TPSA) is 71.3 Å². The largest absolute Gasteiger partial charge is 0.493 e. The Morgan fingerprint density at radius 2 is 2.00 bits per heavy atom. The number of methoxy groups -OCH3 is 1. The maximum atomic E-state index is 5.65. The molecule has 2 N–H and O–H groups in total. The Bertz CT molecular complexity index is 751. The molecular weight excluding hydrogens is 495 g/mol. The second kappa shape index (κ2) is 14.1. The number of hydrogen-bond donors (Lipinski definition) is 2. The van der Waals surface area contributed by atoms with Crippen molar-refractivity contribution >= 4 is 29.9 Å². The third kappa shape index (κ3) is 8.06. The molecule has 168 valence electrons. The fourth-order valence-corrected chi connectivity index (χ4v) is 3.08. The van der Waals surface area contributed by atoms with E-state index in [-0.39, 0.29) is 30.0 Å². The molecule has 0 fully saturated rings. The summed E-state index contributed by atoms with van der Waals surface area (Å²) in [6.45, 7) is 4.12. The van der Waals surface area contributed by atoms with Crippen LogP contribution in [0.15, 0.2) is 46.0 Å². The van der Waals surface area contributed by atoms with E-state index in [4.69, 9.17) is 13.9 Å². The summed E-state index contributed by atoms with van der Waals surface area (Å²) >= 11 is 0. The summed E-state index contributed by atoms with van der Waals surface area (Å²) in [4.78, 5) is 6.44. The van der Waals surface area contributed by atoms with Crippen molar-refractivity contribution in [3.63, 3.8) is 0 Å². The molecule has 0 saturated carbocycles. The Morgan fingerprint density at radius 3 is 2.60 bits per heavy atom. The molecule has 0 saturated heterocycles. The molecule has 0 aliphatic rings. The summed E-state index contributed by atoms with van der Waals surface area (Å²) in [5.74, 6) is 3.28. The van der Waals surface area contributed by atoms with Gasteiger partial charge in [-0.1, -0.05) is 6.07 Å². The van der Waals surface area contributed by atoms with Crippen molar-refractivity contribution in [2.45, 2.75) is 25.8 Å². The van der Waals surface area contributed by atoms with Gasteiger partial charge in [0.2, 0.25) is 0 Å². The summed E-state index contributed by atoms with van der Waals surface area (Å²) in [6.07, 6.45) is 3.63. The quantitative estimate of drug-likeness (QED) is 0.200. The highest BCUT2D eigenvalue weighted by molar-refractivity contribution is 14.0. The Balaban J connectivity index is 0.00000450. The van der Waals surface area contributed by atoms with E-state index in [1.165, 1.54) is 5.56 Å². The third-order valence-corrected chi connectivity index (χ3v) is 4.64. The van der Waals surface area contributed by atoms with Crippen molar-refractivity contribution in [1.82, 2.24) is 15.5 Å². The number of benzene rings is 1. The maximum Gasteiger partial charge on any atom is 0.191 e. The van der Waals surface area contributed by atoms with Gasteiger partial charge in [0.1, 0.15) is 5.76 Å². The zero-order valence-electron chi connectivity index (χ0n) is 18.6. The Morgan fingerprint density at radius 1 is 1.20 bits per heavy atom. The number of aryl methyl sites for hydroxylation is 1. The van der Waals surface area contributed by atoms with E-state index < -0.39 is 0 Å². The van der Waals surface area contributed by atoms with Gasteiger partial charge in [0, 0.05) is 20.1 Å². The molecule has 1 atom stereocenters. The second-order valence-electron chi connectivity index (χ2n) is 6.90. The summed E-state index contributed by atoms with van der Waals surface area (Å²) in [6, 6.07) is 10.1. The van der Waals surface area contributed by atoms with Crippen LogP contribution in [0.5, 0.6) is 11.5 Å². The molecule has 1 aromatic heterocycles. The molecule has 2 rings (SSSR count). The van der Waals surface area contributed by atoms with E-state index in [2.05, 4.69) is 32.7 Å². The van der Waals surface area contributed by atoms with Gasteiger partial charge in [-0.25, -0.2) is 0 Å². The van der Waals surface area contributed by atoms with Crippen LogP contribution in [-0.2, 0) is 6.42 Å². The molecule has 1 aromatic carbocycles. The highest BCUT2D eigenvalue weighted by Gasteiger charge is 2.17. The molecule has 0 aliphatic carbocycles. The monoisotopic (exact) mass is 530 g/mol. The zero-order chi connectivity index (χ0) is 21.1. The van der Waals surface area contributed by atoms with Gasteiger partial charge in [0.15, 0.2) is 17.5 Å². The third-order valence-electron chi connectivity index (χ3n) is 4.64. The fourth-order valence-electron chi connectivity index (χ4n) is 3.08. The van der Waals surface area contributed by atoms with Crippen LogP contribution >= 0.6 is 24.0 Å². The second-order valence-corrected chi connectivity index (χ2v) is 6.90. The summed E-state index contributed by atoms with van der Waals surface area (Å²) < 4.78 is 16.5. The zero-order valence-corrected chi connectivity index (χ0v) is 20.9. The normalized spacial score (nSPS) is 12.3. The van der Waals surface area contributed by atoms with Crippen molar-refractivity contribution in [3.8, 4) is 11.5 Å².